The molecule has 0 spiro atoms. The van der Waals surface area contributed by atoms with Gasteiger partial charge in [0.1, 0.15) is 0 Å². The quantitative estimate of drug-likeness (QED) is 0.739. The number of benzene rings is 1. The Bertz CT molecular complexity index is 374. The van der Waals surface area contributed by atoms with Crippen LogP contribution in [0.3, 0.4) is 0 Å². The molecule has 3 nitrogen and oxygen atoms in total. The summed E-state index contributed by atoms with van der Waals surface area (Å²) in [6, 6.07) is 6.52. The second-order valence-corrected chi connectivity index (χ2v) is 5.96. The molecule has 0 bridgehead atoms. The Balaban J connectivity index is 2.72. The second kappa shape index (κ2) is 8.27. The minimum absolute atomic E-state index is 0.242. The summed E-state index contributed by atoms with van der Waals surface area (Å²) in [6.07, 6.45) is 1.02. The fraction of sp³-hybridized carbons (Fsp3) is 0.538. The maximum Gasteiger partial charge on any atom is 0.0474 e. The number of nitrogens with two attached hydrogens (primary N) is 1. The second-order valence-electron chi connectivity index (χ2n) is 4.25. The molecule has 0 saturated heterocycles. The molecule has 0 aliphatic rings. The van der Waals surface area contributed by atoms with E-state index < -0.39 is 0 Å². The molecule has 18 heavy (non-hydrogen) atoms. The molecule has 1 atom stereocenters. The van der Waals surface area contributed by atoms with Gasteiger partial charge in [0, 0.05) is 41.8 Å². The van der Waals surface area contributed by atoms with Crippen molar-refractivity contribution in [1.29, 1.82) is 0 Å². The maximum atomic E-state index is 5.90. The zero-order valence-corrected chi connectivity index (χ0v) is 14.0. The Morgan fingerprint density at radius 2 is 2.06 bits per heavy atom. The molecule has 0 radical (unpaired) electrons. The average molecular weight is 380 g/mol. The molecule has 0 aromatic heterocycles. The lowest BCUT2D eigenvalue weighted by Crippen LogP contribution is -2.31. The molecule has 1 unspecified atom stereocenters. The van der Waals surface area contributed by atoms with Crippen LogP contribution in [-0.2, 0) is 4.74 Å². The predicted octanol–water partition coefficient (Wildman–Crippen LogP) is 3.18. The summed E-state index contributed by atoms with van der Waals surface area (Å²) in [6.45, 7) is 2.37. The van der Waals surface area contributed by atoms with E-state index in [1.54, 1.807) is 7.11 Å². The van der Waals surface area contributed by atoms with Gasteiger partial charge < -0.3 is 10.5 Å². The van der Waals surface area contributed by atoms with Crippen molar-refractivity contribution in [2.45, 2.75) is 12.5 Å². The first-order valence-electron chi connectivity index (χ1n) is 5.94. The molecule has 2 N–H and O–H groups in total. The number of hydrogen-bond acceptors (Lipinski definition) is 3. The summed E-state index contributed by atoms with van der Waals surface area (Å²) < 4.78 is 7.19. The third kappa shape index (κ3) is 4.63. The van der Waals surface area contributed by atoms with E-state index >= 15 is 0 Å². The van der Waals surface area contributed by atoms with Gasteiger partial charge in [-0.05, 0) is 63.0 Å². The number of hydrogen-bond donors (Lipinski definition) is 1. The van der Waals surface area contributed by atoms with E-state index in [0.29, 0.717) is 6.54 Å². The summed E-state index contributed by atoms with van der Waals surface area (Å²) >= 11 is 7.01. The Kier molecular flexibility index (Phi) is 7.41. The van der Waals surface area contributed by atoms with Crippen LogP contribution in [0.2, 0.25) is 0 Å². The van der Waals surface area contributed by atoms with Crippen molar-refractivity contribution < 1.29 is 4.74 Å². The molecule has 0 fully saturated rings. The minimum atomic E-state index is 0.242. The van der Waals surface area contributed by atoms with E-state index in [-0.39, 0.29) is 6.04 Å². The largest absolute Gasteiger partial charge is 0.385 e. The lowest BCUT2D eigenvalue weighted by molar-refractivity contribution is 0.166. The van der Waals surface area contributed by atoms with E-state index in [9.17, 15) is 0 Å². The molecule has 1 rings (SSSR count). The van der Waals surface area contributed by atoms with Crippen molar-refractivity contribution in [3.05, 3.63) is 32.7 Å². The monoisotopic (exact) mass is 378 g/mol. The first-order valence-corrected chi connectivity index (χ1v) is 7.53. The van der Waals surface area contributed by atoms with Gasteiger partial charge in [0.15, 0.2) is 0 Å². The van der Waals surface area contributed by atoms with Crippen molar-refractivity contribution in [1.82, 2.24) is 4.90 Å². The topological polar surface area (TPSA) is 38.5 Å². The van der Waals surface area contributed by atoms with Crippen LogP contribution in [0.5, 0.6) is 0 Å². The zero-order valence-electron chi connectivity index (χ0n) is 10.8. The van der Waals surface area contributed by atoms with Crippen LogP contribution in [0.1, 0.15) is 18.0 Å². The minimum Gasteiger partial charge on any atom is -0.385 e. The molecule has 102 valence electrons. The number of nitrogens with zero attached hydrogens (tertiary/aromatic N) is 1. The molecular formula is C13H20Br2N2O. The SMILES string of the molecule is COCCCN(C)C(CN)c1ccc(Br)c(Br)c1. The van der Waals surface area contributed by atoms with Crippen LogP contribution < -0.4 is 5.73 Å². The lowest BCUT2D eigenvalue weighted by Gasteiger charge is -2.27. The van der Waals surface area contributed by atoms with Gasteiger partial charge in [0.25, 0.3) is 0 Å². The Morgan fingerprint density at radius 1 is 1.33 bits per heavy atom. The van der Waals surface area contributed by atoms with Gasteiger partial charge in [-0.25, -0.2) is 0 Å². The smallest absolute Gasteiger partial charge is 0.0474 e. The normalized spacial score (nSPS) is 13.0. The summed E-state index contributed by atoms with van der Waals surface area (Å²) in [5.74, 6) is 0. The fourth-order valence-electron chi connectivity index (χ4n) is 1.90. The Labute approximate surface area is 126 Å². The number of rotatable bonds is 7. The van der Waals surface area contributed by atoms with Crippen molar-refractivity contribution >= 4 is 31.9 Å². The van der Waals surface area contributed by atoms with Crippen molar-refractivity contribution in [3.8, 4) is 0 Å². The van der Waals surface area contributed by atoms with Crippen LogP contribution in [0.25, 0.3) is 0 Å². The average Bonchev–Trinajstić information content (AvgIpc) is 2.35. The Hall–Kier alpha value is 0.0600. The fourth-order valence-corrected chi connectivity index (χ4v) is 2.55. The van der Waals surface area contributed by atoms with Gasteiger partial charge in [-0.2, -0.15) is 0 Å². The van der Waals surface area contributed by atoms with Crippen LogP contribution in [0, 0.1) is 0 Å². The summed E-state index contributed by atoms with van der Waals surface area (Å²) in [5, 5.41) is 0. The standard InChI is InChI=1S/C13H20Br2N2O/c1-17(6-3-7-18-2)13(9-16)10-4-5-11(14)12(15)8-10/h4-5,8,13H,3,6-7,9,16H2,1-2H3. The molecule has 0 aliphatic carbocycles. The molecule has 5 heteroatoms. The van der Waals surface area contributed by atoms with E-state index in [0.717, 1.165) is 28.5 Å². The van der Waals surface area contributed by atoms with Gasteiger partial charge >= 0.3 is 0 Å². The molecule has 0 saturated carbocycles. The van der Waals surface area contributed by atoms with Crippen molar-refractivity contribution in [2.75, 3.05) is 33.9 Å². The molecule has 0 heterocycles. The maximum absolute atomic E-state index is 5.90. The highest BCUT2D eigenvalue weighted by atomic mass is 79.9. The summed E-state index contributed by atoms with van der Waals surface area (Å²) in [5.41, 5.74) is 7.13. The third-order valence-electron chi connectivity index (χ3n) is 2.94. The van der Waals surface area contributed by atoms with Gasteiger partial charge in [-0.3, -0.25) is 4.90 Å². The van der Waals surface area contributed by atoms with Crippen molar-refractivity contribution in [3.63, 3.8) is 0 Å². The van der Waals surface area contributed by atoms with Gasteiger partial charge in [0.05, 0.1) is 0 Å². The summed E-state index contributed by atoms with van der Waals surface area (Å²) in [4.78, 5) is 2.27. The molecular weight excluding hydrogens is 360 g/mol. The van der Waals surface area contributed by atoms with E-state index in [4.69, 9.17) is 10.5 Å². The van der Waals surface area contributed by atoms with Gasteiger partial charge in [-0.1, -0.05) is 6.07 Å². The van der Waals surface area contributed by atoms with E-state index in [1.807, 2.05) is 6.07 Å². The lowest BCUT2D eigenvalue weighted by atomic mass is 10.1. The van der Waals surface area contributed by atoms with Gasteiger partial charge in [0.2, 0.25) is 0 Å². The van der Waals surface area contributed by atoms with Crippen LogP contribution in [-0.4, -0.2) is 38.8 Å². The first-order chi connectivity index (χ1) is 8.60. The molecule has 1 aromatic rings. The first kappa shape index (κ1) is 16.1. The number of ether oxygens (including phenoxy) is 1. The van der Waals surface area contributed by atoms with Crippen molar-refractivity contribution in [2.24, 2.45) is 5.73 Å². The van der Waals surface area contributed by atoms with E-state index in [2.05, 4.69) is 55.9 Å². The predicted molar refractivity (Wildman–Crippen MR) is 82.8 cm³/mol. The summed E-state index contributed by atoms with van der Waals surface area (Å²) in [7, 11) is 3.83. The van der Waals surface area contributed by atoms with E-state index in [1.165, 1.54) is 5.56 Å². The molecule has 1 aromatic carbocycles. The highest BCUT2D eigenvalue weighted by Gasteiger charge is 2.15. The number of halogens is 2. The molecule has 0 amide bonds. The number of methoxy groups -OCH3 is 1. The van der Waals surface area contributed by atoms with Gasteiger partial charge in [-0.15, -0.1) is 0 Å². The van der Waals surface area contributed by atoms with Crippen LogP contribution in [0.15, 0.2) is 27.1 Å². The van der Waals surface area contributed by atoms with Crippen LogP contribution >= 0.6 is 31.9 Å². The highest BCUT2D eigenvalue weighted by molar-refractivity contribution is 9.13. The zero-order chi connectivity index (χ0) is 13.5. The third-order valence-corrected chi connectivity index (χ3v) is 4.82. The Morgan fingerprint density at radius 3 is 2.61 bits per heavy atom. The molecule has 0 aliphatic heterocycles. The van der Waals surface area contributed by atoms with Crippen LogP contribution in [0.4, 0.5) is 0 Å². The number of likely N-dealkylation sites (N-methyl/N-ethyl adjacent to an activating group) is 1. The highest BCUT2D eigenvalue weighted by Crippen LogP contribution is 2.28.